The Kier molecular flexibility index (Phi) is 3.14. The molecule has 1 aromatic rings. The Balaban J connectivity index is 2.33. The monoisotopic (exact) mass is 201 g/mol. The van der Waals surface area contributed by atoms with Crippen molar-refractivity contribution >= 4 is 0 Å². The van der Waals surface area contributed by atoms with Gasteiger partial charge in [0.05, 0.1) is 0 Å². The van der Waals surface area contributed by atoms with Crippen LogP contribution in [0.3, 0.4) is 0 Å². The Bertz CT molecular complexity index is 320. The summed E-state index contributed by atoms with van der Waals surface area (Å²) in [6.45, 7) is 6.71. The quantitative estimate of drug-likeness (QED) is 0.627. The summed E-state index contributed by atoms with van der Waals surface area (Å²) < 4.78 is 0. The van der Waals surface area contributed by atoms with Crippen LogP contribution >= 0.6 is 0 Å². The van der Waals surface area contributed by atoms with Gasteiger partial charge in [-0.15, -0.1) is 0 Å². The SMILES string of the molecule is Cc1cc(C)c([C]2CCCCC2)c(C)c1. The van der Waals surface area contributed by atoms with Gasteiger partial charge in [0.2, 0.25) is 0 Å². The van der Waals surface area contributed by atoms with Crippen LogP contribution < -0.4 is 0 Å². The van der Waals surface area contributed by atoms with Crippen LogP contribution in [0.1, 0.15) is 54.4 Å². The number of aryl methyl sites for hydroxylation is 3. The minimum absolute atomic E-state index is 1.32. The van der Waals surface area contributed by atoms with Crippen molar-refractivity contribution in [3.8, 4) is 0 Å². The van der Waals surface area contributed by atoms with Crippen molar-refractivity contribution in [2.75, 3.05) is 0 Å². The zero-order valence-corrected chi connectivity index (χ0v) is 10.2. The van der Waals surface area contributed by atoms with Gasteiger partial charge in [0.25, 0.3) is 0 Å². The zero-order chi connectivity index (χ0) is 10.8. The summed E-state index contributed by atoms with van der Waals surface area (Å²) in [4.78, 5) is 0. The Morgan fingerprint density at radius 2 is 1.33 bits per heavy atom. The number of hydrogen-bond donors (Lipinski definition) is 0. The van der Waals surface area contributed by atoms with Gasteiger partial charge in [0, 0.05) is 5.92 Å². The predicted octanol–water partition coefficient (Wildman–Crippen LogP) is 4.50. The van der Waals surface area contributed by atoms with E-state index in [9.17, 15) is 0 Å². The maximum absolute atomic E-state index is 2.32. The largest absolute Gasteiger partial charge is 0.0561 e. The first kappa shape index (κ1) is 10.7. The van der Waals surface area contributed by atoms with E-state index in [1.807, 2.05) is 0 Å². The van der Waals surface area contributed by atoms with Crippen LogP contribution in [0.4, 0.5) is 0 Å². The molecule has 1 aromatic carbocycles. The van der Waals surface area contributed by atoms with Crippen molar-refractivity contribution in [1.29, 1.82) is 0 Å². The van der Waals surface area contributed by atoms with Crippen molar-refractivity contribution in [2.45, 2.75) is 52.9 Å². The average Bonchev–Trinajstić information content (AvgIpc) is 2.17. The molecule has 1 radical (unpaired) electrons. The molecule has 0 aliphatic heterocycles. The number of benzene rings is 1. The lowest BCUT2D eigenvalue weighted by Gasteiger charge is -2.25. The van der Waals surface area contributed by atoms with E-state index < -0.39 is 0 Å². The van der Waals surface area contributed by atoms with Gasteiger partial charge in [-0.1, -0.05) is 37.0 Å². The Morgan fingerprint density at radius 1 is 0.800 bits per heavy atom. The van der Waals surface area contributed by atoms with Crippen molar-refractivity contribution < 1.29 is 0 Å². The third-order valence-corrected chi connectivity index (χ3v) is 3.49. The van der Waals surface area contributed by atoms with Gasteiger partial charge in [0.15, 0.2) is 0 Å². The molecule has 1 fully saturated rings. The summed E-state index contributed by atoms with van der Waals surface area (Å²) >= 11 is 0. The summed E-state index contributed by atoms with van der Waals surface area (Å²) in [5, 5.41) is 0. The molecular weight excluding hydrogens is 180 g/mol. The lowest BCUT2D eigenvalue weighted by atomic mass is 9.80. The molecule has 1 aliphatic rings. The summed E-state index contributed by atoms with van der Waals surface area (Å²) in [6.07, 6.45) is 6.85. The fraction of sp³-hybridized carbons (Fsp3) is 0.533. The van der Waals surface area contributed by atoms with E-state index in [1.165, 1.54) is 48.8 Å². The molecular formula is C15H21. The molecule has 1 aliphatic carbocycles. The van der Waals surface area contributed by atoms with Crippen LogP contribution in [0.15, 0.2) is 12.1 Å². The topological polar surface area (TPSA) is 0 Å². The van der Waals surface area contributed by atoms with Crippen LogP contribution in [0.25, 0.3) is 0 Å². The average molecular weight is 201 g/mol. The third kappa shape index (κ3) is 2.25. The van der Waals surface area contributed by atoms with Gasteiger partial charge in [-0.3, -0.25) is 0 Å². The molecule has 0 spiro atoms. The fourth-order valence-corrected chi connectivity index (χ4v) is 2.97. The molecule has 2 rings (SSSR count). The molecule has 0 nitrogen and oxygen atoms in total. The molecule has 81 valence electrons. The molecule has 0 atom stereocenters. The van der Waals surface area contributed by atoms with Crippen molar-refractivity contribution in [2.24, 2.45) is 0 Å². The molecule has 0 N–H and O–H groups in total. The summed E-state index contributed by atoms with van der Waals surface area (Å²) in [6, 6.07) is 4.65. The van der Waals surface area contributed by atoms with Crippen LogP contribution in [0.2, 0.25) is 0 Å². The highest BCUT2D eigenvalue weighted by Gasteiger charge is 2.19. The fourth-order valence-electron chi connectivity index (χ4n) is 2.97. The second-order valence-corrected chi connectivity index (χ2v) is 4.94. The highest BCUT2D eigenvalue weighted by atomic mass is 14.2. The molecule has 0 heteroatoms. The molecule has 1 saturated carbocycles. The highest BCUT2D eigenvalue weighted by molar-refractivity contribution is 5.46. The minimum Gasteiger partial charge on any atom is -0.0561 e. The van der Waals surface area contributed by atoms with E-state index >= 15 is 0 Å². The first-order valence-electron chi connectivity index (χ1n) is 6.11. The number of hydrogen-bond acceptors (Lipinski definition) is 0. The Morgan fingerprint density at radius 3 is 1.87 bits per heavy atom. The van der Waals surface area contributed by atoms with Gasteiger partial charge in [0.1, 0.15) is 0 Å². The standard InChI is InChI=1S/C15H21/c1-11-9-12(2)15(13(3)10-11)14-7-5-4-6-8-14/h9-10H,4-8H2,1-3H3. The summed E-state index contributed by atoms with van der Waals surface area (Å²) in [5.41, 5.74) is 5.92. The van der Waals surface area contributed by atoms with E-state index in [-0.39, 0.29) is 0 Å². The van der Waals surface area contributed by atoms with E-state index in [2.05, 4.69) is 32.9 Å². The molecule has 15 heavy (non-hydrogen) atoms. The van der Waals surface area contributed by atoms with Crippen LogP contribution in [-0.2, 0) is 0 Å². The summed E-state index contributed by atoms with van der Waals surface area (Å²) in [7, 11) is 0. The Labute approximate surface area is 93.7 Å². The normalized spacial score (nSPS) is 18.1. The molecule has 0 heterocycles. The van der Waals surface area contributed by atoms with Crippen molar-refractivity contribution in [3.63, 3.8) is 0 Å². The van der Waals surface area contributed by atoms with Gasteiger partial charge in [-0.2, -0.15) is 0 Å². The van der Waals surface area contributed by atoms with Crippen molar-refractivity contribution in [3.05, 3.63) is 40.3 Å². The third-order valence-electron chi connectivity index (χ3n) is 3.49. The highest BCUT2D eigenvalue weighted by Crippen LogP contribution is 2.35. The molecule has 0 saturated heterocycles. The van der Waals surface area contributed by atoms with E-state index in [0.717, 1.165) is 0 Å². The van der Waals surface area contributed by atoms with Crippen LogP contribution in [-0.4, -0.2) is 0 Å². The van der Waals surface area contributed by atoms with Gasteiger partial charge >= 0.3 is 0 Å². The zero-order valence-electron chi connectivity index (χ0n) is 10.2. The van der Waals surface area contributed by atoms with Crippen LogP contribution in [0, 0.1) is 26.7 Å². The molecule has 0 aromatic heterocycles. The molecule has 0 unspecified atom stereocenters. The van der Waals surface area contributed by atoms with E-state index in [0.29, 0.717) is 0 Å². The lowest BCUT2D eigenvalue weighted by molar-refractivity contribution is 0.549. The number of rotatable bonds is 1. The first-order valence-corrected chi connectivity index (χ1v) is 6.11. The maximum atomic E-state index is 2.32. The maximum Gasteiger partial charge on any atom is 0.00552 e. The first-order chi connectivity index (χ1) is 7.18. The smallest absolute Gasteiger partial charge is 0.00552 e. The van der Waals surface area contributed by atoms with Crippen molar-refractivity contribution in [1.82, 2.24) is 0 Å². The lowest BCUT2D eigenvalue weighted by Crippen LogP contribution is -2.09. The Hall–Kier alpha value is -0.780. The second-order valence-electron chi connectivity index (χ2n) is 4.94. The van der Waals surface area contributed by atoms with E-state index in [4.69, 9.17) is 0 Å². The van der Waals surface area contributed by atoms with Gasteiger partial charge in [-0.25, -0.2) is 0 Å². The van der Waals surface area contributed by atoms with Crippen LogP contribution in [0.5, 0.6) is 0 Å². The van der Waals surface area contributed by atoms with E-state index in [1.54, 1.807) is 11.5 Å². The van der Waals surface area contributed by atoms with Gasteiger partial charge in [-0.05, 0) is 50.3 Å². The summed E-state index contributed by atoms with van der Waals surface area (Å²) in [5.74, 6) is 1.70. The minimum atomic E-state index is 1.32. The second kappa shape index (κ2) is 4.38. The van der Waals surface area contributed by atoms with Gasteiger partial charge < -0.3 is 0 Å². The predicted molar refractivity (Wildman–Crippen MR) is 66.1 cm³/mol. The molecule has 0 amide bonds. The molecule has 0 bridgehead atoms.